The van der Waals surface area contributed by atoms with Gasteiger partial charge >= 0.3 is 0 Å². The molecule has 0 heterocycles. The molecule has 1 atom stereocenters. The van der Waals surface area contributed by atoms with E-state index in [1.54, 1.807) is 0 Å². The second-order valence-corrected chi connectivity index (χ2v) is 4.21. The van der Waals surface area contributed by atoms with Crippen LogP contribution < -0.4 is 11.3 Å². The largest absolute Gasteiger partial charge is 0.271 e. The first-order chi connectivity index (χ1) is 7.13. The molecule has 2 nitrogen and oxygen atoms in total. The number of halogens is 1. The number of hydrogen-bond acceptors (Lipinski definition) is 2. The van der Waals surface area contributed by atoms with Gasteiger partial charge in [-0.05, 0) is 37.5 Å². The molecule has 0 amide bonds. The molecule has 0 aliphatic rings. The summed E-state index contributed by atoms with van der Waals surface area (Å²) < 4.78 is 0. The van der Waals surface area contributed by atoms with Gasteiger partial charge in [0.25, 0.3) is 0 Å². The molecule has 82 valence electrons. The van der Waals surface area contributed by atoms with Gasteiger partial charge in [-0.3, -0.25) is 11.3 Å². The van der Waals surface area contributed by atoms with E-state index in [1.807, 2.05) is 31.2 Å². The Hall–Kier alpha value is -0.830. The number of allylic oxidation sites excluding steroid dienone is 1. The van der Waals surface area contributed by atoms with Gasteiger partial charge in [-0.2, -0.15) is 0 Å². The first-order valence-corrected chi connectivity index (χ1v) is 5.37. The molecule has 0 aromatic heterocycles. The Balaban J connectivity index is 2.69. The fourth-order valence-electron chi connectivity index (χ4n) is 1.46. The van der Waals surface area contributed by atoms with Gasteiger partial charge in [0.05, 0.1) is 0 Å². The van der Waals surface area contributed by atoms with E-state index in [4.69, 9.17) is 17.4 Å². The predicted octanol–water partition coefficient (Wildman–Crippen LogP) is 3.20. The Kier molecular flexibility index (Phi) is 4.82. The van der Waals surface area contributed by atoms with Crippen molar-refractivity contribution in [2.45, 2.75) is 25.8 Å². The van der Waals surface area contributed by atoms with Crippen molar-refractivity contribution in [3.63, 3.8) is 0 Å². The van der Waals surface area contributed by atoms with E-state index in [0.29, 0.717) is 0 Å². The van der Waals surface area contributed by atoms with Crippen LogP contribution in [0.5, 0.6) is 0 Å². The van der Waals surface area contributed by atoms with Gasteiger partial charge in [0.2, 0.25) is 0 Å². The SMILES string of the molecule is C=C(C)CCC(NN)c1cccc(Cl)c1. The van der Waals surface area contributed by atoms with Crippen LogP contribution >= 0.6 is 11.6 Å². The number of nitrogens with one attached hydrogen (secondary N) is 1. The Morgan fingerprint density at radius 2 is 2.33 bits per heavy atom. The average Bonchev–Trinajstić information content (AvgIpc) is 2.18. The lowest BCUT2D eigenvalue weighted by Gasteiger charge is -2.16. The summed E-state index contributed by atoms with van der Waals surface area (Å²) in [6.45, 7) is 5.90. The number of benzene rings is 1. The highest BCUT2D eigenvalue weighted by Gasteiger charge is 2.09. The van der Waals surface area contributed by atoms with Gasteiger partial charge in [-0.1, -0.05) is 29.3 Å². The molecular weight excluding hydrogens is 208 g/mol. The highest BCUT2D eigenvalue weighted by Crippen LogP contribution is 2.22. The Labute approximate surface area is 96.1 Å². The minimum Gasteiger partial charge on any atom is -0.271 e. The number of hydrogen-bond donors (Lipinski definition) is 2. The summed E-state index contributed by atoms with van der Waals surface area (Å²) >= 11 is 5.92. The lowest BCUT2D eigenvalue weighted by molar-refractivity contribution is 0.516. The first-order valence-electron chi connectivity index (χ1n) is 4.99. The van der Waals surface area contributed by atoms with Crippen LogP contribution in [0.4, 0.5) is 0 Å². The Morgan fingerprint density at radius 3 is 2.87 bits per heavy atom. The van der Waals surface area contributed by atoms with Gasteiger partial charge < -0.3 is 0 Å². The quantitative estimate of drug-likeness (QED) is 0.458. The number of rotatable bonds is 5. The van der Waals surface area contributed by atoms with E-state index in [0.717, 1.165) is 29.0 Å². The summed E-state index contributed by atoms with van der Waals surface area (Å²) in [5.41, 5.74) is 5.08. The van der Waals surface area contributed by atoms with Crippen LogP contribution in [0.3, 0.4) is 0 Å². The summed E-state index contributed by atoms with van der Waals surface area (Å²) in [6, 6.07) is 7.89. The highest BCUT2D eigenvalue weighted by molar-refractivity contribution is 6.30. The normalized spacial score (nSPS) is 12.5. The Morgan fingerprint density at radius 1 is 1.60 bits per heavy atom. The molecular formula is C12H17ClN2. The zero-order valence-corrected chi connectivity index (χ0v) is 9.72. The molecule has 3 heteroatoms. The topological polar surface area (TPSA) is 38.0 Å². The molecule has 0 aliphatic carbocycles. The maximum absolute atomic E-state index is 5.92. The zero-order chi connectivity index (χ0) is 11.3. The van der Waals surface area contributed by atoms with E-state index in [2.05, 4.69) is 12.0 Å². The monoisotopic (exact) mass is 224 g/mol. The van der Waals surface area contributed by atoms with Crippen LogP contribution in [0, 0.1) is 0 Å². The van der Waals surface area contributed by atoms with Crippen molar-refractivity contribution in [1.29, 1.82) is 0 Å². The minimum atomic E-state index is 0.139. The smallest absolute Gasteiger partial charge is 0.0463 e. The maximum Gasteiger partial charge on any atom is 0.0463 e. The average molecular weight is 225 g/mol. The molecule has 1 aromatic rings. The highest BCUT2D eigenvalue weighted by atomic mass is 35.5. The van der Waals surface area contributed by atoms with Gasteiger partial charge in [0.15, 0.2) is 0 Å². The van der Waals surface area contributed by atoms with Gasteiger partial charge in [0.1, 0.15) is 0 Å². The van der Waals surface area contributed by atoms with Crippen molar-refractivity contribution >= 4 is 11.6 Å². The summed E-state index contributed by atoms with van der Waals surface area (Å²) in [4.78, 5) is 0. The number of hydrazine groups is 1. The van der Waals surface area contributed by atoms with Crippen LogP contribution in [-0.2, 0) is 0 Å². The lowest BCUT2D eigenvalue weighted by atomic mass is 10.0. The van der Waals surface area contributed by atoms with Crippen molar-refractivity contribution < 1.29 is 0 Å². The fourth-order valence-corrected chi connectivity index (χ4v) is 1.66. The predicted molar refractivity (Wildman–Crippen MR) is 65.6 cm³/mol. The van der Waals surface area contributed by atoms with E-state index >= 15 is 0 Å². The van der Waals surface area contributed by atoms with Crippen molar-refractivity contribution in [3.8, 4) is 0 Å². The van der Waals surface area contributed by atoms with Gasteiger partial charge in [-0.15, -0.1) is 6.58 Å². The van der Waals surface area contributed by atoms with Crippen LogP contribution in [0.15, 0.2) is 36.4 Å². The molecule has 0 radical (unpaired) electrons. The molecule has 1 unspecified atom stereocenters. The molecule has 1 rings (SSSR count). The molecule has 0 aliphatic heterocycles. The van der Waals surface area contributed by atoms with Gasteiger partial charge in [0, 0.05) is 11.1 Å². The second-order valence-electron chi connectivity index (χ2n) is 3.77. The van der Waals surface area contributed by atoms with E-state index < -0.39 is 0 Å². The third kappa shape index (κ3) is 4.04. The van der Waals surface area contributed by atoms with E-state index in [9.17, 15) is 0 Å². The summed E-state index contributed by atoms with van der Waals surface area (Å²) in [5.74, 6) is 5.52. The van der Waals surface area contributed by atoms with Crippen molar-refractivity contribution in [2.24, 2.45) is 5.84 Å². The van der Waals surface area contributed by atoms with Crippen LogP contribution in [0.25, 0.3) is 0 Å². The van der Waals surface area contributed by atoms with Crippen LogP contribution in [0.2, 0.25) is 5.02 Å². The lowest BCUT2D eigenvalue weighted by Crippen LogP contribution is -2.28. The molecule has 0 fully saturated rings. The van der Waals surface area contributed by atoms with Gasteiger partial charge in [-0.25, -0.2) is 0 Å². The molecule has 3 N–H and O–H groups in total. The standard InChI is InChI=1S/C12H17ClN2/c1-9(2)6-7-12(15-14)10-4-3-5-11(13)8-10/h3-5,8,12,15H,1,6-7,14H2,2H3. The molecule has 0 saturated carbocycles. The summed E-state index contributed by atoms with van der Waals surface area (Å²) in [6.07, 6.45) is 1.90. The maximum atomic E-state index is 5.92. The third-order valence-electron chi connectivity index (χ3n) is 2.31. The van der Waals surface area contributed by atoms with E-state index in [-0.39, 0.29) is 6.04 Å². The van der Waals surface area contributed by atoms with Crippen LogP contribution in [0.1, 0.15) is 31.4 Å². The first kappa shape index (κ1) is 12.2. The molecule has 15 heavy (non-hydrogen) atoms. The second kappa shape index (κ2) is 5.91. The Bertz CT molecular complexity index is 336. The fraction of sp³-hybridized carbons (Fsp3) is 0.333. The summed E-state index contributed by atoms with van der Waals surface area (Å²) in [5, 5.41) is 0.739. The van der Waals surface area contributed by atoms with Crippen molar-refractivity contribution in [2.75, 3.05) is 0 Å². The molecule has 0 bridgehead atoms. The van der Waals surface area contributed by atoms with Crippen molar-refractivity contribution in [3.05, 3.63) is 47.0 Å². The molecule has 0 saturated heterocycles. The zero-order valence-electron chi connectivity index (χ0n) is 8.96. The number of nitrogens with two attached hydrogens (primary N) is 1. The minimum absolute atomic E-state index is 0.139. The third-order valence-corrected chi connectivity index (χ3v) is 2.55. The molecule has 0 spiro atoms. The molecule has 1 aromatic carbocycles. The van der Waals surface area contributed by atoms with Crippen LogP contribution in [-0.4, -0.2) is 0 Å². The van der Waals surface area contributed by atoms with Crippen molar-refractivity contribution in [1.82, 2.24) is 5.43 Å². The summed E-state index contributed by atoms with van der Waals surface area (Å²) in [7, 11) is 0. The van der Waals surface area contributed by atoms with E-state index in [1.165, 1.54) is 0 Å².